The molecule has 0 atom stereocenters. The van der Waals surface area contributed by atoms with Gasteiger partial charge in [0, 0.05) is 44.0 Å². The summed E-state index contributed by atoms with van der Waals surface area (Å²) in [6.45, 7) is 7.11. The van der Waals surface area contributed by atoms with E-state index in [0.717, 1.165) is 30.2 Å². The number of hydrogen-bond donors (Lipinski definition) is 0. The summed E-state index contributed by atoms with van der Waals surface area (Å²) in [5.41, 5.74) is 1.78. The minimum Gasteiger partial charge on any atom is -0.493 e. The highest BCUT2D eigenvalue weighted by Gasteiger charge is 2.22. The minimum absolute atomic E-state index is 0.00904. The lowest BCUT2D eigenvalue weighted by atomic mass is 10.2. The zero-order chi connectivity index (χ0) is 21.8. The predicted octanol–water partition coefficient (Wildman–Crippen LogP) is 2.20. The largest absolute Gasteiger partial charge is 0.493 e. The summed E-state index contributed by atoms with van der Waals surface area (Å²) in [4.78, 5) is 25.3. The zero-order valence-corrected chi connectivity index (χ0v) is 18.0. The molecule has 3 heterocycles. The molecule has 1 aromatic carbocycles. The van der Waals surface area contributed by atoms with Gasteiger partial charge in [-0.1, -0.05) is 6.07 Å². The van der Waals surface area contributed by atoms with E-state index >= 15 is 0 Å². The number of nitrogens with zero attached hydrogens (tertiary/aromatic N) is 6. The summed E-state index contributed by atoms with van der Waals surface area (Å²) in [7, 11) is 1.61. The van der Waals surface area contributed by atoms with E-state index in [1.54, 1.807) is 17.7 Å². The Hall–Kier alpha value is -3.62. The van der Waals surface area contributed by atoms with Gasteiger partial charge in [-0.15, -0.1) is 0 Å². The fraction of sp³-hybridized carbons (Fsp3) is 0.364. The molecule has 2 aromatic heterocycles. The minimum atomic E-state index is -0.00904. The second-order valence-electron chi connectivity index (χ2n) is 7.22. The molecule has 162 valence electrons. The van der Waals surface area contributed by atoms with E-state index < -0.39 is 0 Å². The average Bonchev–Trinajstić information content (AvgIpc) is 3.26. The van der Waals surface area contributed by atoms with E-state index in [2.05, 4.69) is 20.0 Å². The number of fused-ring (bicyclic) bond motifs is 1. The molecule has 1 amide bonds. The van der Waals surface area contributed by atoms with Crippen molar-refractivity contribution in [2.45, 2.75) is 13.8 Å². The number of ether oxygens (including phenoxy) is 2. The summed E-state index contributed by atoms with van der Waals surface area (Å²) in [6, 6.07) is 7.62. The molecule has 1 fully saturated rings. The zero-order valence-electron chi connectivity index (χ0n) is 18.0. The maximum Gasteiger partial charge on any atom is 0.254 e. The molecule has 1 saturated heterocycles. The van der Waals surface area contributed by atoms with Gasteiger partial charge in [0.25, 0.3) is 5.78 Å². The average molecular weight is 422 g/mol. The Morgan fingerprint density at radius 3 is 2.71 bits per heavy atom. The van der Waals surface area contributed by atoms with Gasteiger partial charge in [0.05, 0.1) is 13.7 Å². The van der Waals surface area contributed by atoms with Crippen molar-refractivity contribution in [3.63, 3.8) is 0 Å². The van der Waals surface area contributed by atoms with Crippen molar-refractivity contribution in [3.8, 4) is 11.5 Å². The van der Waals surface area contributed by atoms with Gasteiger partial charge >= 0.3 is 0 Å². The maximum atomic E-state index is 12.7. The topological polar surface area (TPSA) is 85.1 Å². The van der Waals surface area contributed by atoms with E-state index in [-0.39, 0.29) is 5.91 Å². The van der Waals surface area contributed by atoms with Gasteiger partial charge < -0.3 is 19.3 Å². The van der Waals surface area contributed by atoms with E-state index in [4.69, 9.17) is 9.47 Å². The predicted molar refractivity (Wildman–Crippen MR) is 118 cm³/mol. The van der Waals surface area contributed by atoms with Gasteiger partial charge in [-0.05, 0) is 37.6 Å². The SMILES string of the molecule is CCOc1cc(/C=C/C(=O)N2CCN(c3cc(C)nc4ncnn34)CC2)ccc1OC. The highest BCUT2D eigenvalue weighted by atomic mass is 16.5. The van der Waals surface area contributed by atoms with Crippen molar-refractivity contribution >= 4 is 23.6 Å². The molecule has 1 aliphatic heterocycles. The maximum absolute atomic E-state index is 12.7. The van der Waals surface area contributed by atoms with Crippen LogP contribution in [0.15, 0.2) is 36.7 Å². The normalized spacial score (nSPS) is 14.4. The Labute approximate surface area is 180 Å². The molecule has 0 N–H and O–H groups in total. The number of aromatic nitrogens is 4. The molecule has 0 spiro atoms. The third kappa shape index (κ3) is 4.45. The highest BCUT2D eigenvalue weighted by Crippen LogP contribution is 2.28. The lowest BCUT2D eigenvalue weighted by Crippen LogP contribution is -2.48. The van der Waals surface area contributed by atoms with Crippen LogP contribution in [0.4, 0.5) is 5.82 Å². The van der Waals surface area contributed by atoms with E-state index in [1.807, 2.05) is 49.1 Å². The van der Waals surface area contributed by atoms with E-state index in [0.29, 0.717) is 37.0 Å². The molecule has 9 heteroatoms. The Kier molecular flexibility index (Phi) is 6.01. The summed E-state index contributed by atoms with van der Waals surface area (Å²) in [5, 5.41) is 4.28. The van der Waals surface area contributed by atoms with Gasteiger partial charge in [0.15, 0.2) is 11.5 Å². The molecule has 0 aliphatic carbocycles. The fourth-order valence-electron chi connectivity index (χ4n) is 3.63. The number of methoxy groups -OCH3 is 1. The molecule has 0 bridgehead atoms. The summed E-state index contributed by atoms with van der Waals surface area (Å²) in [6.07, 6.45) is 4.92. The first-order valence-electron chi connectivity index (χ1n) is 10.3. The molecular weight excluding hydrogens is 396 g/mol. The van der Waals surface area contributed by atoms with Crippen LogP contribution >= 0.6 is 0 Å². The summed E-state index contributed by atoms with van der Waals surface area (Å²) in [5.74, 6) is 2.87. The van der Waals surface area contributed by atoms with Gasteiger partial charge in [0.1, 0.15) is 12.1 Å². The van der Waals surface area contributed by atoms with Crippen LogP contribution in [0.2, 0.25) is 0 Å². The number of piperazine rings is 1. The number of hydrogen-bond acceptors (Lipinski definition) is 7. The molecule has 9 nitrogen and oxygen atoms in total. The monoisotopic (exact) mass is 422 g/mol. The molecule has 3 aromatic rings. The Bertz CT molecular complexity index is 1100. The second kappa shape index (κ2) is 9.03. The molecule has 0 radical (unpaired) electrons. The third-order valence-corrected chi connectivity index (χ3v) is 5.18. The van der Waals surface area contributed by atoms with Gasteiger partial charge in [-0.3, -0.25) is 4.79 Å². The number of benzene rings is 1. The van der Waals surface area contributed by atoms with E-state index in [9.17, 15) is 4.79 Å². The van der Waals surface area contributed by atoms with Gasteiger partial charge in [-0.2, -0.15) is 14.6 Å². The first kappa shape index (κ1) is 20.6. The first-order valence-corrected chi connectivity index (χ1v) is 10.3. The van der Waals surface area contributed by atoms with Crippen molar-refractivity contribution in [1.29, 1.82) is 0 Å². The van der Waals surface area contributed by atoms with Crippen LogP contribution in [0.1, 0.15) is 18.2 Å². The van der Waals surface area contributed by atoms with Crippen LogP contribution in [0.3, 0.4) is 0 Å². The summed E-state index contributed by atoms with van der Waals surface area (Å²) >= 11 is 0. The van der Waals surface area contributed by atoms with Gasteiger partial charge in [-0.25, -0.2) is 4.98 Å². The molecule has 0 saturated carbocycles. The van der Waals surface area contributed by atoms with Crippen molar-refractivity contribution < 1.29 is 14.3 Å². The number of rotatable bonds is 6. The highest BCUT2D eigenvalue weighted by molar-refractivity contribution is 5.92. The number of amides is 1. The summed E-state index contributed by atoms with van der Waals surface area (Å²) < 4.78 is 12.6. The van der Waals surface area contributed by atoms with Crippen LogP contribution in [0.5, 0.6) is 11.5 Å². The van der Waals surface area contributed by atoms with Crippen LogP contribution < -0.4 is 14.4 Å². The Morgan fingerprint density at radius 1 is 1.16 bits per heavy atom. The van der Waals surface area contributed by atoms with Crippen molar-refractivity contribution in [1.82, 2.24) is 24.5 Å². The lowest BCUT2D eigenvalue weighted by molar-refractivity contribution is -0.126. The molecule has 1 aliphatic rings. The number of carbonyl (C=O) groups excluding carboxylic acids is 1. The van der Waals surface area contributed by atoms with Crippen molar-refractivity contribution in [3.05, 3.63) is 47.9 Å². The molecule has 31 heavy (non-hydrogen) atoms. The molecule has 4 rings (SSSR count). The quantitative estimate of drug-likeness (QED) is 0.563. The van der Waals surface area contributed by atoms with Crippen molar-refractivity contribution in [2.24, 2.45) is 0 Å². The Morgan fingerprint density at radius 2 is 1.97 bits per heavy atom. The molecular formula is C22H26N6O3. The molecule has 0 unspecified atom stereocenters. The lowest BCUT2D eigenvalue weighted by Gasteiger charge is -2.35. The number of aryl methyl sites for hydroxylation is 1. The van der Waals surface area contributed by atoms with Crippen molar-refractivity contribution in [2.75, 3.05) is 44.8 Å². The van der Waals surface area contributed by atoms with Crippen LogP contribution in [-0.2, 0) is 4.79 Å². The fourth-order valence-corrected chi connectivity index (χ4v) is 3.63. The van der Waals surface area contributed by atoms with Crippen LogP contribution in [0, 0.1) is 6.92 Å². The van der Waals surface area contributed by atoms with Gasteiger partial charge in [0.2, 0.25) is 5.91 Å². The first-order chi connectivity index (χ1) is 15.1. The number of anilines is 1. The van der Waals surface area contributed by atoms with Crippen LogP contribution in [0.25, 0.3) is 11.9 Å². The number of carbonyl (C=O) groups is 1. The standard InChI is InChI=1S/C22H26N6O3/c1-4-31-19-14-17(5-7-18(19)30-3)6-8-21(29)27-11-9-26(10-12-27)20-13-16(2)25-22-23-15-24-28(20)22/h5-8,13-15H,4,9-12H2,1-3H3/b8-6+. The third-order valence-electron chi connectivity index (χ3n) is 5.18. The Balaban J connectivity index is 1.40. The smallest absolute Gasteiger partial charge is 0.254 e. The van der Waals surface area contributed by atoms with Crippen LogP contribution in [-0.4, -0.2) is 70.3 Å². The second-order valence-corrected chi connectivity index (χ2v) is 7.22. The van der Waals surface area contributed by atoms with E-state index in [1.165, 1.54) is 6.33 Å².